The lowest BCUT2D eigenvalue weighted by atomic mass is 9.74. The lowest BCUT2D eigenvalue weighted by molar-refractivity contribution is -0.117. The highest BCUT2D eigenvalue weighted by Gasteiger charge is 2.41. The summed E-state index contributed by atoms with van der Waals surface area (Å²) in [7, 11) is 0. The first kappa shape index (κ1) is 12.3. The minimum absolute atomic E-state index is 0.0291. The van der Waals surface area contributed by atoms with E-state index in [9.17, 15) is 4.79 Å². The maximum atomic E-state index is 12.1. The monoisotopic (exact) mass is 260 g/mol. The van der Waals surface area contributed by atoms with Gasteiger partial charge in [-0.3, -0.25) is 4.79 Å². The zero-order valence-electron chi connectivity index (χ0n) is 11.3. The van der Waals surface area contributed by atoms with Crippen LogP contribution in [0.4, 0.5) is 11.4 Å². The van der Waals surface area contributed by atoms with Crippen LogP contribution < -0.4 is 15.4 Å². The van der Waals surface area contributed by atoms with Crippen LogP contribution in [0.1, 0.15) is 39.0 Å². The number of nitrogens with one attached hydrogen (secondary N) is 2. The van der Waals surface area contributed by atoms with Crippen molar-refractivity contribution in [2.75, 3.05) is 17.2 Å². The van der Waals surface area contributed by atoms with Crippen LogP contribution >= 0.6 is 0 Å². The second-order valence-electron chi connectivity index (χ2n) is 5.51. The molecule has 19 heavy (non-hydrogen) atoms. The van der Waals surface area contributed by atoms with Gasteiger partial charge in [-0.05, 0) is 37.8 Å². The summed E-state index contributed by atoms with van der Waals surface area (Å²) in [5.74, 6) is 0.843. The van der Waals surface area contributed by atoms with Gasteiger partial charge in [-0.1, -0.05) is 13.0 Å². The third kappa shape index (κ3) is 2.27. The van der Waals surface area contributed by atoms with Gasteiger partial charge >= 0.3 is 0 Å². The fourth-order valence-corrected chi connectivity index (χ4v) is 2.82. The molecule has 1 aliphatic heterocycles. The van der Waals surface area contributed by atoms with Crippen LogP contribution in [0.25, 0.3) is 0 Å². The van der Waals surface area contributed by atoms with E-state index in [-0.39, 0.29) is 11.4 Å². The molecular formula is C15H20N2O2. The number of amides is 1. The molecule has 4 nitrogen and oxygen atoms in total. The smallest absolute Gasteiger partial charge is 0.226 e. The van der Waals surface area contributed by atoms with Gasteiger partial charge in [-0.15, -0.1) is 0 Å². The lowest BCUT2D eigenvalue weighted by Crippen LogP contribution is -2.46. The largest absolute Gasteiger partial charge is 0.491 e. The highest BCUT2D eigenvalue weighted by molar-refractivity contribution is 5.99. The summed E-state index contributed by atoms with van der Waals surface area (Å²) >= 11 is 0. The Hall–Kier alpha value is -1.71. The highest BCUT2D eigenvalue weighted by Crippen LogP contribution is 2.44. The summed E-state index contributed by atoms with van der Waals surface area (Å²) < 4.78 is 5.72. The molecule has 0 bridgehead atoms. The van der Waals surface area contributed by atoms with Crippen molar-refractivity contribution < 1.29 is 9.53 Å². The maximum absolute atomic E-state index is 12.1. The van der Waals surface area contributed by atoms with Gasteiger partial charge in [-0.2, -0.15) is 0 Å². The molecule has 2 aliphatic rings. The first-order chi connectivity index (χ1) is 9.22. The molecule has 102 valence electrons. The molecule has 0 radical (unpaired) electrons. The van der Waals surface area contributed by atoms with Crippen molar-refractivity contribution in [2.24, 2.45) is 0 Å². The highest BCUT2D eigenvalue weighted by atomic mass is 16.5. The van der Waals surface area contributed by atoms with Crippen molar-refractivity contribution in [2.45, 2.75) is 44.6 Å². The van der Waals surface area contributed by atoms with Gasteiger partial charge < -0.3 is 15.4 Å². The van der Waals surface area contributed by atoms with Gasteiger partial charge in [0.15, 0.2) is 0 Å². The summed E-state index contributed by atoms with van der Waals surface area (Å²) in [6.07, 6.45) is 4.84. The molecule has 0 aromatic heterocycles. The van der Waals surface area contributed by atoms with Crippen molar-refractivity contribution >= 4 is 17.3 Å². The molecule has 1 fully saturated rings. The SMILES string of the molecule is CCCOc1cccc2c1NC(=O)CC1(CCC1)N2. The van der Waals surface area contributed by atoms with Gasteiger partial charge in [0.05, 0.1) is 12.3 Å². The first-order valence-electron chi connectivity index (χ1n) is 7.06. The van der Waals surface area contributed by atoms with Crippen molar-refractivity contribution in [1.29, 1.82) is 0 Å². The maximum Gasteiger partial charge on any atom is 0.226 e. The molecule has 4 heteroatoms. The summed E-state index contributed by atoms with van der Waals surface area (Å²) in [4.78, 5) is 12.1. The minimum atomic E-state index is -0.0291. The zero-order valence-corrected chi connectivity index (χ0v) is 11.3. The Morgan fingerprint density at radius 2 is 2.21 bits per heavy atom. The fraction of sp³-hybridized carbons (Fsp3) is 0.533. The zero-order chi connectivity index (χ0) is 13.3. The molecule has 0 unspecified atom stereocenters. The van der Waals surface area contributed by atoms with Crippen molar-refractivity contribution in [3.05, 3.63) is 18.2 Å². The number of hydrogen-bond donors (Lipinski definition) is 2. The van der Waals surface area contributed by atoms with Crippen molar-refractivity contribution in [3.8, 4) is 5.75 Å². The molecule has 0 atom stereocenters. The van der Waals surface area contributed by atoms with Crippen LogP contribution in [-0.2, 0) is 4.79 Å². The number of ether oxygens (including phenoxy) is 1. The molecule has 1 amide bonds. The standard InChI is InChI=1S/C15H20N2O2/c1-2-9-19-12-6-3-5-11-14(12)16-13(18)10-15(17-11)7-4-8-15/h3,5-6,17H,2,4,7-10H2,1H3,(H,16,18). The lowest BCUT2D eigenvalue weighted by Gasteiger charge is -2.41. The minimum Gasteiger partial charge on any atom is -0.491 e. The summed E-state index contributed by atoms with van der Waals surface area (Å²) in [5.41, 5.74) is 1.75. The van der Waals surface area contributed by atoms with E-state index >= 15 is 0 Å². The van der Waals surface area contributed by atoms with Crippen molar-refractivity contribution in [3.63, 3.8) is 0 Å². The molecule has 1 aromatic rings. The molecule has 1 saturated carbocycles. The molecule has 1 heterocycles. The fourth-order valence-electron chi connectivity index (χ4n) is 2.82. The van der Waals surface area contributed by atoms with E-state index in [2.05, 4.69) is 17.6 Å². The quantitative estimate of drug-likeness (QED) is 0.877. The van der Waals surface area contributed by atoms with Gasteiger partial charge in [0.25, 0.3) is 0 Å². The summed E-state index contributed by atoms with van der Waals surface area (Å²) in [6, 6.07) is 5.90. The van der Waals surface area contributed by atoms with Crippen LogP contribution in [0.5, 0.6) is 5.75 Å². The molecule has 2 N–H and O–H groups in total. The number of anilines is 2. The van der Waals surface area contributed by atoms with Crippen LogP contribution in [0, 0.1) is 0 Å². The Morgan fingerprint density at radius 1 is 1.37 bits per heavy atom. The number of fused-ring (bicyclic) bond motifs is 1. The molecule has 1 aromatic carbocycles. The summed E-state index contributed by atoms with van der Waals surface area (Å²) in [6.45, 7) is 2.74. The average molecular weight is 260 g/mol. The van der Waals surface area contributed by atoms with Crippen molar-refractivity contribution in [1.82, 2.24) is 0 Å². The van der Waals surface area contributed by atoms with Crippen LogP contribution in [0.2, 0.25) is 0 Å². The van der Waals surface area contributed by atoms with Gasteiger partial charge in [0.1, 0.15) is 11.4 Å². The van der Waals surface area contributed by atoms with E-state index in [1.165, 1.54) is 6.42 Å². The predicted octanol–water partition coefficient (Wildman–Crippen LogP) is 3.15. The van der Waals surface area contributed by atoms with E-state index < -0.39 is 0 Å². The second-order valence-corrected chi connectivity index (χ2v) is 5.51. The molecule has 3 rings (SSSR count). The second kappa shape index (κ2) is 4.76. The van der Waals surface area contributed by atoms with E-state index in [1.807, 2.05) is 18.2 Å². The Labute approximate surface area is 113 Å². The number of benzene rings is 1. The normalized spacial score (nSPS) is 19.7. The molecule has 1 aliphatic carbocycles. The number of carbonyl (C=O) groups is 1. The molecule has 1 spiro atoms. The van der Waals surface area contributed by atoms with E-state index in [4.69, 9.17) is 4.74 Å². The summed E-state index contributed by atoms with van der Waals surface area (Å²) in [5, 5.41) is 6.55. The third-order valence-electron chi connectivity index (χ3n) is 3.96. The Balaban J connectivity index is 1.93. The number of rotatable bonds is 3. The Bertz CT molecular complexity index is 495. The first-order valence-corrected chi connectivity index (χ1v) is 7.06. The Morgan fingerprint density at radius 3 is 2.89 bits per heavy atom. The predicted molar refractivity (Wildman–Crippen MR) is 75.7 cm³/mol. The van der Waals surface area contributed by atoms with Crippen LogP contribution in [0.3, 0.4) is 0 Å². The number of hydrogen-bond acceptors (Lipinski definition) is 3. The van der Waals surface area contributed by atoms with E-state index in [0.717, 1.165) is 36.4 Å². The van der Waals surface area contributed by atoms with Crippen LogP contribution in [0.15, 0.2) is 18.2 Å². The van der Waals surface area contributed by atoms with E-state index in [1.54, 1.807) is 0 Å². The van der Waals surface area contributed by atoms with Crippen LogP contribution in [-0.4, -0.2) is 18.1 Å². The van der Waals surface area contributed by atoms with E-state index in [0.29, 0.717) is 13.0 Å². The number of para-hydroxylation sites is 1. The van der Waals surface area contributed by atoms with Gasteiger partial charge in [0, 0.05) is 12.0 Å². The third-order valence-corrected chi connectivity index (χ3v) is 3.96. The topological polar surface area (TPSA) is 50.4 Å². The Kier molecular flexibility index (Phi) is 3.09. The average Bonchev–Trinajstić information content (AvgIpc) is 2.51. The molecule has 0 saturated heterocycles. The van der Waals surface area contributed by atoms with Gasteiger partial charge in [-0.25, -0.2) is 0 Å². The molecular weight excluding hydrogens is 240 g/mol. The van der Waals surface area contributed by atoms with Gasteiger partial charge in [0.2, 0.25) is 5.91 Å². The number of carbonyl (C=O) groups excluding carboxylic acids is 1.